The minimum Gasteiger partial charge on any atom is -0.467 e. The van der Waals surface area contributed by atoms with Gasteiger partial charge in [-0.25, -0.2) is 4.39 Å². The molecule has 0 aliphatic carbocycles. The fourth-order valence-corrected chi connectivity index (χ4v) is 2.99. The zero-order valence-electron chi connectivity index (χ0n) is 15.1. The summed E-state index contributed by atoms with van der Waals surface area (Å²) in [5, 5.41) is 11.5. The number of halogens is 1. The molecule has 0 spiro atoms. The van der Waals surface area contributed by atoms with Gasteiger partial charge in [-0.3, -0.25) is 14.2 Å². The molecular formula is C20H18FN5O2. The van der Waals surface area contributed by atoms with Gasteiger partial charge in [-0.15, -0.1) is 0 Å². The maximum absolute atomic E-state index is 13.1. The summed E-state index contributed by atoms with van der Waals surface area (Å²) in [5.74, 6) is 0.105. The Labute approximate surface area is 160 Å². The molecule has 4 rings (SSSR count). The van der Waals surface area contributed by atoms with Crippen molar-refractivity contribution < 1.29 is 13.6 Å². The van der Waals surface area contributed by atoms with E-state index in [9.17, 15) is 9.18 Å². The molecule has 142 valence electrons. The Bertz CT molecular complexity index is 1020. The lowest BCUT2D eigenvalue weighted by molar-refractivity contribution is 0.0938. The van der Waals surface area contributed by atoms with Gasteiger partial charge in [0, 0.05) is 31.5 Å². The normalized spacial score (nSPS) is 12.1. The Hall–Kier alpha value is -3.68. The first kappa shape index (κ1) is 17.7. The smallest absolute Gasteiger partial charge is 0.269 e. The van der Waals surface area contributed by atoms with E-state index in [4.69, 9.17) is 4.42 Å². The third-order valence-corrected chi connectivity index (χ3v) is 4.42. The van der Waals surface area contributed by atoms with Crippen molar-refractivity contribution in [3.05, 3.63) is 84.5 Å². The lowest BCUT2D eigenvalue weighted by Gasteiger charge is -2.16. The van der Waals surface area contributed by atoms with Gasteiger partial charge < -0.3 is 9.73 Å². The van der Waals surface area contributed by atoms with Gasteiger partial charge in [0.05, 0.1) is 12.0 Å². The number of rotatable bonds is 6. The molecule has 7 nitrogen and oxygen atoms in total. The van der Waals surface area contributed by atoms with Gasteiger partial charge >= 0.3 is 0 Å². The van der Waals surface area contributed by atoms with E-state index in [0.29, 0.717) is 23.7 Å². The second-order valence-electron chi connectivity index (χ2n) is 6.27. The molecule has 8 heteroatoms. The summed E-state index contributed by atoms with van der Waals surface area (Å²) in [6, 6.07) is 12.8. The van der Waals surface area contributed by atoms with E-state index in [1.54, 1.807) is 48.5 Å². The predicted molar refractivity (Wildman–Crippen MR) is 100 cm³/mol. The van der Waals surface area contributed by atoms with E-state index in [2.05, 4.69) is 15.5 Å². The van der Waals surface area contributed by atoms with Crippen LogP contribution in [0.4, 0.5) is 4.39 Å². The molecule has 3 heterocycles. The first-order valence-electron chi connectivity index (χ1n) is 8.72. The van der Waals surface area contributed by atoms with Crippen LogP contribution in [0.2, 0.25) is 0 Å². The average molecular weight is 379 g/mol. The number of carbonyl (C=O) groups excluding carboxylic acids is 1. The van der Waals surface area contributed by atoms with Crippen LogP contribution in [0.3, 0.4) is 0 Å². The molecule has 28 heavy (non-hydrogen) atoms. The van der Waals surface area contributed by atoms with Crippen LogP contribution in [-0.4, -0.2) is 32.0 Å². The molecule has 0 fully saturated rings. The highest BCUT2D eigenvalue weighted by Crippen LogP contribution is 2.20. The molecular weight excluding hydrogens is 361 g/mol. The Morgan fingerprint density at radius 1 is 1.25 bits per heavy atom. The molecule has 0 bridgehead atoms. The van der Waals surface area contributed by atoms with Crippen molar-refractivity contribution in [2.24, 2.45) is 7.05 Å². The first-order chi connectivity index (χ1) is 13.6. The Morgan fingerprint density at radius 3 is 2.75 bits per heavy atom. The van der Waals surface area contributed by atoms with Gasteiger partial charge in [0.15, 0.2) is 0 Å². The number of nitrogens with zero attached hydrogens (tertiary/aromatic N) is 4. The molecule has 1 N–H and O–H groups in total. The number of carbonyl (C=O) groups is 1. The van der Waals surface area contributed by atoms with Crippen LogP contribution >= 0.6 is 0 Å². The van der Waals surface area contributed by atoms with Crippen molar-refractivity contribution in [1.82, 2.24) is 24.9 Å². The fourth-order valence-electron chi connectivity index (χ4n) is 2.99. The summed E-state index contributed by atoms with van der Waals surface area (Å²) in [6.07, 6.45) is 5.08. The third kappa shape index (κ3) is 3.57. The predicted octanol–water partition coefficient (Wildman–Crippen LogP) is 3.04. The van der Waals surface area contributed by atoms with E-state index in [0.717, 1.165) is 5.56 Å². The molecule has 4 aromatic rings. The molecule has 0 saturated carbocycles. The van der Waals surface area contributed by atoms with Crippen LogP contribution in [0.1, 0.15) is 22.3 Å². The van der Waals surface area contributed by atoms with Gasteiger partial charge in [0.2, 0.25) is 0 Å². The summed E-state index contributed by atoms with van der Waals surface area (Å²) in [4.78, 5) is 12.7. The highest BCUT2D eigenvalue weighted by atomic mass is 19.1. The lowest BCUT2D eigenvalue weighted by atomic mass is 10.1. The van der Waals surface area contributed by atoms with Crippen molar-refractivity contribution in [2.75, 3.05) is 6.54 Å². The van der Waals surface area contributed by atoms with Gasteiger partial charge in [-0.05, 0) is 48.5 Å². The maximum atomic E-state index is 13.1. The summed E-state index contributed by atoms with van der Waals surface area (Å²) in [7, 11) is 1.69. The van der Waals surface area contributed by atoms with E-state index < -0.39 is 0 Å². The van der Waals surface area contributed by atoms with Crippen molar-refractivity contribution in [1.29, 1.82) is 0 Å². The molecule has 0 radical (unpaired) electrons. The molecule has 1 aromatic carbocycles. The number of furan rings is 1. The van der Waals surface area contributed by atoms with Crippen molar-refractivity contribution in [2.45, 2.75) is 6.04 Å². The number of hydrogen-bond acceptors (Lipinski definition) is 4. The second kappa shape index (κ2) is 7.51. The molecule has 0 aliphatic heterocycles. The van der Waals surface area contributed by atoms with Crippen LogP contribution in [0.15, 0.2) is 71.6 Å². The van der Waals surface area contributed by atoms with E-state index in [1.807, 2.05) is 18.3 Å². The Balaban J connectivity index is 1.51. The van der Waals surface area contributed by atoms with Crippen LogP contribution in [-0.2, 0) is 7.05 Å². The number of nitrogens with one attached hydrogen (secondary N) is 1. The number of aromatic nitrogens is 4. The number of aryl methyl sites for hydroxylation is 1. The van der Waals surface area contributed by atoms with Gasteiger partial charge in [0.25, 0.3) is 5.91 Å². The Kier molecular flexibility index (Phi) is 4.76. The minimum atomic E-state index is -0.319. The molecule has 0 aliphatic rings. The highest BCUT2D eigenvalue weighted by Gasteiger charge is 2.20. The van der Waals surface area contributed by atoms with Crippen molar-refractivity contribution in [3.63, 3.8) is 0 Å². The van der Waals surface area contributed by atoms with E-state index >= 15 is 0 Å². The third-order valence-electron chi connectivity index (χ3n) is 4.42. The molecule has 0 saturated heterocycles. The number of amides is 1. The van der Waals surface area contributed by atoms with Crippen LogP contribution in [0, 0.1) is 5.82 Å². The molecule has 0 unspecified atom stereocenters. The molecule has 3 aromatic heterocycles. The fraction of sp³-hybridized carbons (Fsp3) is 0.150. The maximum Gasteiger partial charge on any atom is 0.269 e. The largest absolute Gasteiger partial charge is 0.467 e. The first-order valence-corrected chi connectivity index (χ1v) is 8.72. The number of benzene rings is 1. The summed E-state index contributed by atoms with van der Waals surface area (Å²) in [6.45, 7) is 0.297. The minimum absolute atomic E-state index is 0.265. The SMILES string of the molecule is Cn1nc(-c2ccc(F)cc2)cc1C(=O)NC[C@@H](c1ccco1)n1cccn1. The van der Waals surface area contributed by atoms with Crippen molar-refractivity contribution >= 4 is 5.91 Å². The lowest BCUT2D eigenvalue weighted by Crippen LogP contribution is -2.32. The van der Waals surface area contributed by atoms with Gasteiger partial charge in [-0.1, -0.05) is 0 Å². The summed E-state index contributed by atoms with van der Waals surface area (Å²) in [5.41, 5.74) is 1.74. The summed E-state index contributed by atoms with van der Waals surface area (Å²) < 4.78 is 21.8. The highest BCUT2D eigenvalue weighted by molar-refractivity contribution is 5.93. The zero-order valence-corrected chi connectivity index (χ0v) is 15.1. The topological polar surface area (TPSA) is 77.9 Å². The molecule has 1 amide bonds. The zero-order chi connectivity index (χ0) is 19.5. The van der Waals surface area contributed by atoms with Crippen LogP contribution < -0.4 is 5.32 Å². The van der Waals surface area contributed by atoms with Crippen LogP contribution in [0.5, 0.6) is 0 Å². The standard InChI is InChI=1S/C20H18FN5O2/c1-25-17(12-16(24-25)14-5-7-15(21)8-6-14)20(27)22-13-18(19-4-2-11-28-19)26-10-3-9-23-26/h2-12,18H,13H2,1H3,(H,22,27)/t18-/m0/s1. The quantitative estimate of drug-likeness (QED) is 0.559. The van der Waals surface area contributed by atoms with Gasteiger partial charge in [0.1, 0.15) is 23.3 Å². The average Bonchev–Trinajstić information content (AvgIpc) is 3.45. The summed E-state index contributed by atoms with van der Waals surface area (Å²) >= 11 is 0. The van der Waals surface area contributed by atoms with E-state index in [1.165, 1.54) is 16.8 Å². The van der Waals surface area contributed by atoms with Gasteiger partial charge in [-0.2, -0.15) is 10.2 Å². The second-order valence-corrected chi connectivity index (χ2v) is 6.27. The Morgan fingerprint density at radius 2 is 2.07 bits per heavy atom. The van der Waals surface area contributed by atoms with Crippen LogP contribution in [0.25, 0.3) is 11.3 Å². The monoisotopic (exact) mass is 379 g/mol. The number of hydrogen-bond donors (Lipinski definition) is 1. The van der Waals surface area contributed by atoms with E-state index in [-0.39, 0.29) is 17.8 Å². The van der Waals surface area contributed by atoms with Crippen molar-refractivity contribution in [3.8, 4) is 11.3 Å². The molecule has 1 atom stereocenters.